The van der Waals surface area contributed by atoms with E-state index in [9.17, 15) is 9.18 Å². The van der Waals surface area contributed by atoms with Gasteiger partial charge in [0.15, 0.2) is 0 Å². The highest BCUT2D eigenvalue weighted by atomic mass is 35.5. The Labute approximate surface area is 119 Å². The van der Waals surface area contributed by atoms with Crippen LogP contribution in [0.5, 0.6) is 0 Å². The Morgan fingerprint density at radius 2 is 1.89 bits per heavy atom. The van der Waals surface area contributed by atoms with E-state index in [1.807, 2.05) is 4.90 Å². The van der Waals surface area contributed by atoms with E-state index in [1.165, 1.54) is 6.07 Å². The minimum atomic E-state index is -0.304. The molecule has 2 unspecified atom stereocenters. The number of piperazine rings is 1. The zero-order chi connectivity index (χ0) is 13.1. The van der Waals surface area contributed by atoms with Crippen LogP contribution in [0.2, 0.25) is 0 Å². The highest BCUT2D eigenvalue weighted by Gasteiger charge is 2.24. The number of halogens is 2. The van der Waals surface area contributed by atoms with Crippen molar-refractivity contribution in [2.45, 2.75) is 32.4 Å². The molecule has 1 heterocycles. The molecule has 0 bridgehead atoms. The van der Waals surface area contributed by atoms with Crippen LogP contribution in [0, 0.1) is 5.82 Å². The molecule has 1 amide bonds. The van der Waals surface area contributed by atoms with Gasteiger partial charge in [0.25, 0.3) is 0 Å². The van der Waals surface area contributed by atoms with Crippen molar-refractivity contribution in [3.63, 3.8) is 0 Å². The van der Waals surface area contributed by atoms with Crippen LogP contribution in [-0.2, 0) is 11.2 Å². The van der Waals surface area contributed by atoms with Crippen LogP contribution in [0.1, 0.15) is 19.4 Å². The lowest BCUT2D eigenvalue weighted by Crippen LogP contribution is -2.56. The molecule has 0 radical (unpaired) electrons. The lowest BCUT2D eigenvalue weighted by molar-refractivity contribution is -0.132. The van der Waals surface area contributed by atoms with Crippen LogP contribution in [0.3, 0.4) is 0 Å². The van der Waals surface area contributed by atoms with Crippen molar-refractivity contribution in [3.8, 4) is 0 Å². The normalized spacial score (nSPS) is 22.8. The number of amides is 1. The van der Waals surface area contributed by atoms with E-state index in [0.717, 1.165) is 0 Å². The molecule has 1 aliphatic heterocycles. The Morgan fingerprint density at radius 1 is 1.32 bits per heavy atom. The summed E-state index contributed by atoms with van der Waals surface area (Å²) in [5.74, 6) is -0.303. The van der Waals surface area contributed by atoms with Crippen molar-refractivity contribution in [1.82, 2.24) is 10.2 Å². The topological polar surface area (TPSA) is 32.3 Å². The Bertz CT molecular complexity index is 431. The van der Waals surface area contributed by atoms with Crippen molar-refractivity contribution >= 4 is 18.3 Å². The van der Waals surface area contributed by atoms with Crippen molar-refractivity contribution < 1.29 is 9.18 Å². The van der Waals surface area contributed by atoms with Gasteiger partial charge >= 0.3 is 0 Å². The summed E-state index contributed by atoms with van der Waals surface area (Å²) in [6, 6.07) is 7.04. The van der Waals surface area contributed by atoms with Crippen molar-refractivity contribution in [3.05, 3.63) is 35.6 Å². The molecule has 106 valence electrons. The van der Waals surface area contributed by atoms with Crippen LogP contribution in [-0.4, -0.2) is 36.0 Å². The summed E-state index contributed by atoms with van der Waals surface area (Å²) in [6.45, 7) is 5.49. The molecule has 3 nitrogen and oxygen atoms in total. The lowest BCUT2D eigenvalue weighted by atomic mass is 10.1. The standard InChI is InChI=1S/C14H19FN2O.ClH/c1-10-8-17(9-11(2)16-10)14(18)7-12-5-3-4-6-13(12)15;/h3-6,10-11,16H,7-9H2,1-2H3;1H. The van der Waals surface area contributed by atoms with Gasteiger partial charge in [-0.05, 0) is 25.5 Å². The molecule has 0 spiro atoms. The first kappa shape index (κ1) is 15.9. The first-order valence-corrected chi connectivity index (χ1v) is 6.33. The van der Waals surface area contributed by atoms with E-state index in [-0.39, 0.29) is 30.6 Å². The van der Waals surface area contributed by atoms with E-state index in [4.69, 9.17) is 0 Å². The Kier molecular flexibility index (Phi) is 5.76. The number of hydrogen-bond acceptors (Lipinski definition) is 2. The van der Waals surface area contributed by atoms with Gasteiger partial charge in [0.05, 0.1) is 6.42 Å². The van der Waals surface area contributed by atoms with E-state index < -0.39 is 0 Å². The van der Waals surface area contributed by atoms with Gasteiger partial charge in [-0.15, -0.1) is 12.4 Å². The second-order valence-electron chi connectivity index (χ2n) is 5.04. The number of carbonyl (C=O) groups is 1. The van der Waals surface area contributed by atoms with E-state index >= 15 is 0 Å². The Morgan fingerprint density at radius 3 is 2.47 bits per heavy atom. The maximum atomic E-state index is 13.5. The summed E-state index contributed by atoms with van der Waals surface area (Å²) in [7, 11) is 0. The van der Waals surface area contributed by atoms with Crippen LogP contribution >= 0.6 is 12.4 Å². The quantitative estimate of drug-likeness (QED) is 0.902. The van der Waals surface area contributed by atoms with Gasteiger partial charge < -0.3 is 10.2 Å². The third-order valence-corrected chi connectivity index (χ3v) is 3.21. The van der Waals surface area contributed by atoms with Gasteiger partial charge in [-0.25, -0.2) is 4.39 Å². The highest BCUT2D eigenvalue weighted by Crippen LogP contribution is 2.11. The number of nitrogens with zero attached hydrogens (tertiary/aromatic N) is 1. The summed E-state index contributed by atoms with van der Waals surface area (Å²) in [4.78, 5) is 14.0. The van der Waals surface area contributed by atoms with Gasteiger partial charge in [0.1, 0.15) is 5.82 Å². The average Bonchev–Trinajstić information content (AvgIpc) is 2.31. The number of nitrogens with one attached hydrogen (secondary N) is 1. The molecule has 0 aromatic heterocycles. The Balaban J connectivity index is 0.00000180. The van der Waals surface area contributed by atoms with Gasteiger partial charge in [0.2, 0.25) is 5.91 Å². The SMILES string of the molecule is CC1CN(C(=O)Cc2ccccc2F)CC(C)N1.Cl. The number of carbonyl (C=O) groups excluding carboxylic acids is 1. The first-order valence-electron chi connectivity index (χ1n) is 6.33. The number of benzene rings is 1. The smallest absolute Gasteiger partial charge is 0.227 e. The van der Waals surface area contributed by atoms with E-state index in [2.05, 4.69) is 19.2 Å². The fourth-order valence-corrected chi connectivity index (χ4v) is 2.45. The predicted octanol–water partition coefficient (Wildman–Crippen LogP) is 2.00. The van der Waals surface area contributed by atoms with E-state index in [1.54, 1.807) is 18.2 Å². The third kappa shape index (κ3) is 4.18. The molecule has 0 saturated carbocycles. The van der Waals surface area contributed by atoms with Crippen LogP contribution < -0.4 is 5.32 Å². The molecule has 2 rings (SSSR count). The minimum Gasteiger partial charge on any atom is -0.339 e. The molecule has 5 heteroatoms. The van der Waals surface area contributed by atoms with Crippen LogP contribution in [0.15, 0.2) is 24.3 Å². The number of hydrogen-bond donors (Lipinski definition) is 1. The largest absolute Gasteiger partial charge is 0.339 e. The summed E-state index contributed by atoms with van der Waals surface area (Å²) in [5, 5.41) is 3.37. The minimum absolute atomic E-state index is 0. The summed E-state index contributed by atoms with van der Waals surface area (Å²) >= 11 is 0. The third-order valence-electron chi connectivity index (χ3n) is 3.21. The predicted molar refractivity (Wildman–Crippen MR) is 76.0 cm³/mol. The average molecular weight is 287 g/mol. The summed E-state index contributed by atoms with van der Waals surface area (Å²) in [5.41, 5.74) is 0.473. The zero-order valence-electron chi connectivity index (χ0n) is 11.2. The molecule has 1 fully saturated rings. The van der Waals surface area contributed by atoms with Crippen LogP contribution in [0.4, 0.5) is 4.39 Å². The molecule has 1 N–H and O–H groups in total. The zero-order valence-corrected chi connectivity index (χ0v) is 12.0. The molecular weight excluding hydrogens is 267 g/mol. The second-order valence-corrected chi connectivity index (χ2v) is 5.04. The molecule has 1 aromatic carbocycles. The molecule has 2 atom stereocenters. The Hall–Kier alpha value is -1.13. The maximum absolute atomic E-state index is 13.5. The number of rotatable bonds is 2. The van der Waals surface area contributed by atoms with Gasteiger partial charge in [-0.3, -0.25) is 4.79 Å². The summed E-state index contributed by atoms with van der Waals surface area (Å²) in [6.07, 6.45) is 0.145. The van der Waals surface area contributed by atoms with Gasteiger partial charge in [-0.2, -0.15) is 0 Å². The van der Waals surface area contributed by atoms with Gasteiger partial charge in [-0.1, -0.05) is 18.2 Å². The second kappa shape index (κ2) is 6.87. The van der Waals surface area contributed by atoms with Crippen molar-refractivity contribution in [2.24, 2.45) is 0 Å². The highest BCUT2D eigenvalue weighted by molar-refractivity contribution is 5.85. The fraction of sp³-hybridized carbons (Fsp3) is 0.500. The van der Waals surface area contributed by atoms with Gasteiger partial charge in [0, 0.05) is 25.2 Å². The first-order chi connectivity index (χ1) is 8.56. The fourth-order valence-electron chi connectivity index (χ4n) is 2.45. The molecule has 0 aliphatic carbocycles. The van der Waals surface area contributed by atoms with Crippen LogP contribution in [0.25, 0.3) is 0 Å². The van der Waals surface area contributed by atoms with E-state index in [0.29, 0.717) is 30.7 Å². The van der Waals surface area contributed by atoms with Crippen molar-refractivity contribution in [2.75, 3.05) is 13.1 Å². The molecular formula is C14H20ClFN2O. The molecule has 1 saturated heterocycles. The summed E-state index contributed by atoms with van der Waals surface area (Å²) < 4.78 is 13.5. The monoisotopic (exact) mass is 286 g/mol. The molecule has 1 aromatic rings. The van der Waals surface area contributed by atoms with Crippen molar-refractivity contribution in [1.29, 1.82) is 0 Å². The molecule has 1 aliphatic rings. The maximum Gasteiger partial charge on any atom is 0.227 e. The molecule has 19 heavy (non-hydrogen) atoms. The lowest BCUT2D eigenvalue weighted by Gasteiger charge is -2.36.